The van der Waals surface area contributed by atoms with Crippen LogP contribution in [-0.4, -0.2) is 28.0 Å². The summed E-state index contributed by atoms with van der Waals surface area (Å²) in [6, 6.07) is 20.7. The third-order valence-corrected chi connectivity index (χ3v) is 6.75. The van der Waals surface area contributed by atoms with E-state index in [1.165, 1.54) is 23.5 Å². The molecule has 0 amide bonds. The van der Waals surface area contributed by atoms with Crippen LogP contribution in [-0.2, 0) is 21.2 Å². The topological polar surface area (TPSA) is 72.9 Å². The number of hydrogen-bond donors (Lipinski definition) is 0. The molecule has 0 aliphatic carbocycles. The minimum atomic E-state index is -3.88. The van der Waals surface area contributed by atoms with Crippen LogP contribution in [0.1, 0.15) is 29.8 Å². The molecule has 0 radical (unpaired) electrons. The van der Waals surface area contributed by atoms with Crippen LogP contribution in [0, 0.1) is 0 Å². The van der Waals surface area contributed by atoms with Gasteiger partial charge < -0.3 is 9.47 Å². The number of esters is 1. The highest BCUT2D eigenvalue weighted by Crippen LogP contribution is 2.29. The normalized spacial score (nSPS) is 11.1. The number of carbonyl (C=O) groups excluding carboxylic acids is 1. The number of benzene rings is 3. The Kier molecular flexibility index (Phi) is 6.97. The van der Waals surface area contributed by atoms with Crippen LogP contribution in [0.4, 0.5) is 5.69 Å². The number of anilines is 1. The van der Waals surface area contributed by atoms with Crippen LogP contribution in [0.5, 0.6) is 11.5 Å². The van der Waals surface area contributed by atoms with E-state index < -0.39 is 16.0 Å². The molecule has 0 aliphatic rings. The summed E-state index contributed by atoms with van der Waals surface area (Å²) in [5.74, 6) is 0.740. The van der Waals surface area contributed by atoms with Crippen molar-refractivity contribution < 1.29 is 22.7 Å². The minimum Gasteiger partial charge on any atom is -0.465 e. The Morgan fingerprint density at radius 1 is 0.903 bits per heavy atom. The molecular formula is C24H25NO5S. The maximum Gasteiger partial charge on any atom is 0.338 e. The summed E-state index contributed by atoms with van der Waals surface area (Å²) in [6.07, 6.45) is 0.588. The number of hydrogen-bond acceptors (Lipinski definition) is 5. The number of ether oxygens (including phenoxy) is 2. The van der Waals surface area contributed by atoms with Crippen molar-refractivity contribution in [1.29, 1.82) is 0 Å². The first-order valence-corrected chi connectivity index (χ1v) is 11.4. The fourth-order valence-electron chi connectivity index (χ4n) is 3.25. The largest absolute Gasteiger partial charge is 0.465 e. The van der Waals surface area contributed by atoms with Gasteiger partial charge in [-0.2, -0.15) is 0 Å². The van der Waals surface area contributed by atoms with Gasteiger partial charge in [0.15, 0.2) is 0 Å². The quantitative estimate of drug-likeness (QED) is 0.460. The molecule has 0 bridgehead atoms. The van der Waals surface area contributed by atoms with E-state index in [0.717, 1.165) is 5.56 Å². The van der Waals surface area contributed by atoms with Crippen molar-refractivity contribution >= 4 is 21.7 Å². The van der Waals surface area contributed by atoms with Gasteiger partial charge >= 0.3 is 5.97 Å². The van der Waals surface area contributed by atoms with Crippen LogP contribution in [0.15, 0.2) is 77.7 Å². The first-order valence-electron chi connectivity index (χ1n) is 9.97. The van der Waals surface area contributed by atoms with Gasteiger partial charge in [0.2, 0.25) is 0 Å². The van der Waals surface area contributed by atoms with Crippen molar-refractivity contribution in [3.05, 3.63) is 83.9 Å². The van der Waals surface area contributed by atoms with E-state index >= 15 is 0 Å². The standard InChI is InChI=1S/C24H25NO5S/c1-4-18-11-16-22(17-23(18)24(26)29-3)31(27,28)25(5-2)19-12-14-21(15-13-19)30-20-9-7-6-8-10-20/h6-17H,4-5H2,1-3H3. The maximum atomic E-state index is 13.3. The zero-order valence-electron chi connectivity index (χ0n) is 17.7. The van der Waals surface area contributed by atoms with E-state index in [2.05, 4.69) is 0 Å². The maximum absolute atomic E-state index is 13.3. The lowest BCUT2D eigenvalue weighted by Crippen LogP contribution is -2.31. The van der Waals surface area contributed by atoms with Crippen LogP contribution in [0.2, 0.25) is 0 Å². The smallest absolute Gasteiger partial charge is 0.338 e. The number of methoxy groups -OCH3 is 1. The fraction of sp³-hybridized carbons (Fsp3) is 0.208. The lowest BCUT2D eigenvalue weighted by molar-refractivity contribution is 0.0599. The first-order chi connectivity index (χ1) is 14.9. The average Bonchev–Trinajstić information content (AvgIpc) is 2.80. The molecule has 0 fully saturated rings. The molecule has 0 N–H and O–H groups in total. The molecule has 3 rings (SSSR count). The van der Waals surface area contributed by atoms with Crippen molar-refractivity contribution in [3.63, 3.8) is 0 Å². The predicted molar refractivity (Wildman–Crippen MR) is 120 cm³/mol. The van der Waals surface area contributed by atoms with Gasteiger partial charge in [0.25, 0.3) is 10.0 Å². The average molecular weight is 440 g/mol. The van der Waals surface area contributed by atoms with Gasteiger partial charge in [0.1, 0.15) is 11.5 Å². The summed E-state index contributed by atoms with van der Waals surface area (Å²) in [5, 5.41) is 0. The number of para-hydroxylation sites is 1. The molecular weight excluding hydrogens is 414 g/mol. The van der Waals surface area contributed by atoms with Gasteiger partial charge in [-0.1, -0.05) is 31.2 Å². The van der Waals surface area contributed by atoms with Crippen molar-refractivity contribution in [2.75, 3.05) is 18.0 Å². The lowest BCUT2D eigenvalue weighted by Gasteiger charge is -2.23. The second kappa shape index (κ2) is 9.66. The zero-order chi connectivity index (χ0) is 22.4. The summed E-state index contributed by atoms with van der Waals surface area (Å²) in [4.78, 5) is 12.2. The Hall–Kier alpha value is -3.32. The van der Waals surface area contributed by atoms with Crippen molar-refractivity contribution in [2.24, 2.45) is 0 Å². The fourth-order valence-corrected chi connectivity index (χ4v) is 4.75. The molecule has 0 spiro atoms. The van der Waals surface area contributed by atoms with E-state index in [9.17, 15) is 13.2 Å². The van der Waals surface area contributed by atoms with Crippen molar-refractivity contribution in [1.82, 2.24) is 0 Å². The van der Waals surface area contributed by atoms with Gasteiger partial charge in [-0.15, -0.1) is 0 Å². The van der Waals surface area contributed by atoms with E-state index in [1.54, 1.807) is 37.3 Å². The number of nitrogens with zero attached hydrogens (tertiary/aromatic N) is 1. The summed E-state index contributed by atoms with van der Waals surface area (Å²) in [7, 11) is -2.60. The summed E-state index contributed by atoms with van der Waals surface area (Å²) in [6.45, 7) is 3.88. The number of carbonyl (C=O) groups is 1. The molecule has 0 atom stereocenters. The molecule has 7 heteroatoms. The van der Waals surface area contributed by atoms with Crippen LogP contribution < -0.4 is 9.04 Å². The highest BCUT2D eigenvalue weighted by molar-refractivity contribution is 7.92. The molecule has 162 valence electrons. The Morgan fingerprint density at radius 2 is 1.55 bits per heavy atom. The lowest BCUT2D eigenvalue weighted by atomic mass is 10.1. The second-order valence-corrected chi connectivity index (χ2v) is 8.61. The summed E-state index contributed by atoms with van der Waals surface area (Å²) >= 11 is 0. The summed E-state index contributed by atoms with van der Waals surface area (Å²) < 4.78 is 38.6. The number of aryl methyl sites for hydroxylation is 1. The number of sulfonamides is 1. The molecule has 0 aliphatic heterocycles. The summed E-state index contributed by atoms with van der Waals surface area (Å²) in [5.41, 5.74) is 1.49. The Morgan fingerprint density at radius 3 is 2.13 bits per heavy atom. The third kappa shape index (κ3) is 4.88. The highest BCUT2D eigenvalue weighted by atomic mass is 32.2. The van der Waals surface area contributed by atoms with E-state index in [4.69, 9.17) is 9.47 Å². The van der Waals surface area contributed by atoms with Crippen LogP contribution in [0.25, 0.3) is 0 Å². The van der Waals surface area contributed by atoms with Crippen LogP contribution in [0.3, 0.4) is 0 Å². The molecule has 0 unspecified atom stereocenters. The molecule has 6 nitrogen and oxygen atoms in total. The zero-order valence-corrected chi connectivity index (χ0v) is 18.6. The molecule has 31 heavy (non-hydrogen) atoms. The monoisotopic (exact) mass is 439 g/mol. The molecule has 0 heterocycles. The van der Waals surface area contributed by atoms with Crippen molar-refractivity contribution in [2.45, 2.75) is 25.2 Å². The van der Waals surface area contributed by atoms with Gasteiger partial charge in [-0.3, -0.25) is 4.31 Å². The number of rotatable bonds is 8. The van der Waals surface area contributed by atoms with E-state index in [0.29, 0.717) is 23.6 Å². The SMILES string of the molecule is CCc1ccc(S(=O)(=O)N(CC)c2ccc(Oc3ccccc3)cc2)cc1C(=O)OC. The predicted octanol–water partition coefficient (Wildman–Crippen LogP) is 5.04. The van der Waals surface area contributed by atoms with Crippen molar-refractivity contribution in [3.8, 4) is 11.5 Å². The second-order valence-electron chi connectivity index (χ2n) is 6.74. The van der Waals surface area contributed by atoms with Gasteiger partial charge in [-0.05, 0) is 67.4 Å². The molecule has 0 aromatic heterocycles. The molecule has 0 saturated heterocycles. The first kappa shape index (κ1) is 22.4. The Balaban J connectivity index is 1.91. The van der Waals surface area contributed by atoms with E-state index in [-0.39, 0.29) is 17.0 Å². The highest BCUT2D eigenvalue weighted by Gasteiger charge is 2.25. The van der Waals surface area contributed by atoms with Gasteiger partial charge in [0.05, 0.1) is 23.3 Å². The van der Waals surface area contributed by atoms with E-state index in [1.807, 2.05) is 37.3 Å². The third-order valence-electron chi connectivity index (χ3n) is 4.85. The molecule has 3 aromatic rings. The van der Waals surface area contributed by atoms with Gasteiger partial charge in [0, 0.05) is 6.54 Å². The molecule has 0 saturated carbocycles. The van der Waals surface area contributed by atoms with Crippen LogP contribution >= 0.6 is 0 Å². The van der Waals surface area contributed by atoms with Gasteiger partial charge in [-0.25, -0.2) is 13.2 Å². The Labute approximate surface area is 183 Å². The molecule has 3 aromatic carbocycles. The minimum absolute atomic E-state index is 0.0385. The Bertz CT molecular complexity index is 1140.